The number of furan rings is 1. The van der Waals surface area contributed by atoms with Gasteiger partial charge < -0.3 is 9.73 Å². The van der Waals surface area contributed by atoms with E-state index < -0.39 is 35.1 Å². The molecule has 0 saturated carbocycles. The molecule has 130 valence electrons. The molecular weight excluding hydrogens is 340 g/mol. The van der Waals surface area contributed by atoms with Crippen molar-refractivity contribution in [2.24, 2.45) is 0 Å². The number of anilines is 1. The van der Waals surface area contributed by atoms with Gasteiger partial charge >= 0.3 is 12.4 Å². The lowest BCUT2D eigenvalue weighted by Gasteiger charge is -2.14. The van der Waals surface area contributed by atoms with Crippen LogP contribution in [0.1, 0.15) is 23.3 Å². The van der Waals surface area contributed by atoms with Crippen molar-refractivity contribution >= 4 is 11.6 Å². The van der Waals surface area contributed by atoms with E-state index in [9.17, 15) is 31.1 Å². The van der Waals surface area contributed by atoms with Crippen LogP contribution in [0.2, 0.25) is 0 Å². The fourth-order valence-electron chi connectivity index (χ4n) is 1.94. The fourth-order valence-corrected chi connectivity index (χ4v) is 1.94. The molecule has 0 aliphatic rings. The van der Waals surface area contributed by atoms with Crippen molar-refractivity contribution in [2.75, 3.05) is 5.32 Å². The minimum atomic E-state index is -4.96. The molecule has 0 bridgehead atoms. The third kappa shape index (κ3) is 4.77. The van der Waals surface area contributed by atoms with Crippen molar-refractivity contribution in [3.63, 3.8) is 0 Å². The van der Waals surface area contributed by atoms with Gasteiger partial charge in [-0.15, -0.1) is 0 Å². The van der Waals surface area contributed by atoms with Crippen LogP contribution in [-0.4, -0.2) is 5.91 Å². The van der Waals surface area contributed by atoms with Gasteiger partial charge in [0.25, 0.3) is 0 Å². The zero-order valence-electron chi connectivity index (χ0n) is 12.0. The average Bonchev–Trinajstić information content (AvgIpc) is 2.96. The Morgan fingerprint density at radius 2 is 1.58 bits per heavy atom. The first-order valence-electron chi connectivity index (χ1n) is 6.67. The molecule has 0 radical (unpaired) electrons. The molecule has 0 saturated heterocycles. The number of carbonyl (C=O) groups is 1. The highest BCUT2D eigenvalue weighted by atomic mass is 19.4. The summed E-state index contributed by atoms with van der Waals surface area (Å²) < 4.78 is 81.3. The van der Waals surface area contributed by atoms with Crippen LogP contribution in [-0.2, 0) is 23.6 Å². The van der Waals surface area contributed by atoms with E-state index in [1.54, 1.807) is 12.1 Å². The molecule has 24 heavy (non-hydrogen) atoms. The first-order valence-corrected chi connectivity index (χ1v) is 6.67. The maximum absolute atomic E-state index is 12.7. The Labute approximate surface area is 132 Å². The molecule has 0 spiro atoms. The number of halogens is 6. The van der Waals surface area contributed by atoms with E-state index in [1.807, 2.05) is 5.32 Å². The number of carbonyl (C=O) groups excluding carboxylic acids is 1. The zero-order valence-corrected chi connectivity index (χ0v) is 12.0. The lowest BCUT2D eigenvalue weighted by molar-refractivity contribution is -0.143. The fraction of sp³-hybridized carbons (Fsp3) is 0.267. The third-order valence-corrected chi connectivity index (χ3v) is 3.05. The van der Waals surface area contributed by atoms with Crippen LogP contribution in [0, 0.1) is 0 Å². The van der Waals surface area contributed by atoms with Gasteiger partial charge in [-0.25, -0.2) is 0 Å². The molecule has 0 aliphatic carbocycles. The summed E-state index contributed by atoms with van der Waals surface area (Å²) in [6, 6.07) is 4.10. The summed E-state index contributed by atoms with van der Waals surface area (Å²) in [6.07, 6.45) is -8.52. The molecule has 9 heteroatoms. The quantitative estimate of drug-likeness (QED) is 0.797. The van der Waals surface area contributed by atoms with Gasteiger partial charge in [0.05, 0.1) is 17.4 Å². The Balaban J connectivity index is 2.17. The molecule has 0 unspecified atom stereocenters. The van der Waals surface area contributed by atoms with Crippen molar-refractivity contribution in [3.8, 4) is 0 Å². The Morgan fingerprint density at radius 1 is 1.00 bits per heavy atom. The molecule has 1 aromatic heterocycles. The van der Waals surface area contributed by atoms with Gasteiger partial charge in [0.15, 0.2) is 0 Å². The predicted molar refractivity (Wildman–Crippen MR) is 72.1 cm³/mol. The van der Waals surface area contributed by atoms with Gasteiger partial charge in [0.1, 0.15) is 5.76 Å². The van der Waals surface area contributed by atoms with Crippen LogP contribution in [0.25, 0.3) is 0 Å². The summed E-state index contributed by atoms with van der Waals surface area (Å²) in [5, 5.41) is 2.05. The summed E-state index contributed by atoms with van der Waals surface area (Å²) in [5.74, 6) is -0.246. The number of hydrogen-bond donors (Lipinski definition) is 1. The van der Waals surface area contributed by atoms with Crippen LogP contribution in [0.5, 0.6) is 0 Å². The van der Waals surface area contributed by atoms with Gasteiger partial charge in [-0.3, -0.25) is 4.79 Å². The third-order valence-electron chi connectivity index (χ3n) is 3.05. The molecule has 1 aromatic carbocycles. The molecule has 2 aromatic rings. The average molecular weight is 351 g/mol. The predicted octanol–water partition coefficient (Wildman–Crippen LogP) is 4.89. The monoisotopic (exact) mass is 351 g/mol. The minimum Gasteiger partial charge on any atom is -0.469 e. The molecule has 0 atom stereocenters. The van der Waals surface area contributed by atoms with Crippen molar-refractivity contribution in [3.05, 3.63) is 53.5 Å². The van der Waals surface area contributed by atoms with Crippen molar-refractivity contribution in [1.82, 2.24) is 0 Å². The molecule has 0 fully saturated rings. The number of rotatable bonds is 4. The number of alkyl halides is 6. The van der Waals surface area contributed by atoms with E-state index in [1.165, 1.54) is 6.26 Å². The maximum atomic E-state index is 12.7. The van der Waals surface area contributed by atoms with E-state index in [0.29, 0.717) is 17.9 Å². The summed E-state index contributed by atoms with van der Waals surface area (Å²) in [6.45, 7) is 0. The maximum Gasteiger partial charge on any atom is 0.416 e. The van der Waals surface area contributed by atoms with Crippen molar-refractivity contribution in [1.29, 1.82) is 0 Å². The number of hydrogen-bond acceptors (Lipinski definition) is 2. The van der Waals surface area contributed by atoms with E-state index in [-0.39, 0.29) is 18.9 Å². The Kier molecular flexibility index (Phi) is 4.91. The molecule has 1 heterocycles. The van der Waals surface area contributed by atoms with Crippen LogP contribution < -0.4 is 5.32 Å². The molecule has 0 aliphatic heterocycles. The molecule has 2 rings (SSSR count). The van der Waals surface area contributed by atoms with Crippen LogP contribution in [0.15, 0.2) is 41.0 Å². The minimum absolute atomic E-state index is 0.00148. The van der Waals surface area contributed by atoms with Crippen LogP contribution >= 0.6 is 0 Å². The lowest BCUT2D eigenvalue weighted by atomic mass is 10.1. The van der Waals surface area contributed by atoms with Gasteiger partial charge in [-0.05, 0) is 30.3 Å². The van der Waals surface area contributed by atoms with E-state index in [0.717, 1.165) is 0 Å². The zero-order chi connectivity index (χ0) is 18.0. The highest BCUT2D eigenvalue weighted by Gasteiger charge is 2.37. The number of aryl methyl sites for hydroxylation is 1. The van der Waals surface area contributed by atoms with Gasteiger partial charge in [0, 0.05) is 18.5 Å². The largest absolute Gasteiger partial charge is 0.469 e. The van der Waals surface area contributed by atoms with Gasteiger partial charge in [0.2, 0.25) is 5.91 Å². The van der Waals surface area contributed by atoms with E-state index >= 15 is 0 Å². The molecule has 1 amide bonds. The van der Waals surface area contributed by atoms with Crippen molar-refractivity contribution < 1.29 is 35.6 Å². The van der Waals surface area contributed by atoms with E-state index in [2.05, 4.69) is 0 Å². The first-order chi connectivity index (χ1) is 11.1. The van der Waals surface area contributed by atoms with Crippen molar-refractivity contribution in [2.45, 2.75) is 25.2 Å². The molecular formula is C15H11F6NO2. The Bertz CT molecular complexity index is 671. The number of amides is 1. The Morgan fingerprint density at radius 3 is 2.04 bits per heavy atom. The molecule has 3 nitrogen and oxygen atoms in total. The van der Waals surface area contributed by atoms with Gasteiger partial charge in [-0.1, -0.05) is 0 Å². The summed E-state index contributed by atoms with van der Waals surface area (Å²) >= 11 is 0. The summed E-state index contributed by atoms with van der Waals surface area (Å²) in [4.78, 5) is 11.7. The Hall–Kier alpha value is -2.45. The van der Waals surface area contributed by atoms with Crippen LogP contribution in [0.4, 0.5) is 32.0 Å². The second-order valence-electron chi connectivity index (χ2n) is 4.92. The SMILES string of the molecule is O=C(CCc1ccco1)Nc1cc(C(F)(F)F)cc(C(F)(F)F)c1. The second kappa shape index (κ2) is 6.58. The van der Waals surface area contributed by atoms with Crippen LogP contribution in [0.3, 0.4) is 0 Å². The highest BCUT2D eigenvalue weighted by molar-refractivity contribution is 5.91. The summed E-state index contributed by atoms with van der Waals surface area (Å²) in [7, 11) is 0. The second-order valence-corrected chi connectivity index (χ2v) is 4.92. The number of nitrogens with one attached hydrogen (secondary N) is 1. The molecule has 1 N–H and O–H groups in total. The highest BCUT2D eigenvalue weighted by Crippen LogP contribution is 2.37. The summed E-state index contributed by atoms with van der Waals surface area (Å²) in [5.41, 5.74) is -3.54. The standard InChI is InChI=1S/C15H11F6NO2/c16-14(17,18)9-6-10(15(19,20)21)8-11(7-9)22-13(23)4-3-12-2-1-5-24-12/h1-2,5-8H,3-4H2,(H,22,23). The van der Waals surface area contributed by atoms with Gasteiger partial charge in [-0.2, -0.15) is 26.3 Å². The normalized spacial score (nSPS) is 12.2. The van der Waals surface area contributed by atoms with E-state index in [4.69, 9.17) is 4.42 Å². The smallest absolute Gasteiger partial charge is 0.416 e. The topological polar surface area (TPSA) is 42.2 Å². The first kappa shape index (κ1) is 17.9. The number of benzene rings is 1. The lowest BCUT2D eigenvalue weighted by Crippen LogP contribution is -2.16.